The largest absolute Gasteiger partial charge is 0.493 e. The van der Waals surface area contributed by atoms with Gasteiger partial charge in [0.05, 0.1) is 6.61 Å². The van der Waals surface area contributed by atoms with Crippen LogP contribution in [0.2, 0.25) is 0 Å². The second-order valence-corrected chi connectivity index (χ2v) is 5.35. The van der Waals surface area contributed by atoms with Gasteiger partial charge >= 0.3 is 0 Å². The molecule has 7 heteroatoms. The van der Waals surface area contributed by atoms with Crippen LogP contribution in [0, 0.1) is 5.82 Å². The second-order valence-electron chi connectivity index (χ2n) is 5.35. The number of hydrogen-bond donors (Lipinski definition) is 2. The fourth-order valence-corrected chi connectivity index (χ4v) is 2.36. The highest BCUT2D eigenvalue weighted by molar-refractivity contribution is 5.85. The molecule has 0 radical (unpaired) electrons. The monoisotopic (exact) mass is 345 g/mol. The highest BCUT2D eigenvalue weighted by Gasteiger charge is 2.09. The lowest BCUT2D eigenvalue weighted by atomic mass is 10.3. The van der Waals surface area contributed by atoms with Gasteiger partial charge in [0.1, 0.15) is 11.6 Å². The topological polar surface area (TPSA) is 53.6 Å². The second kappa shape index (κ2) is 11.2. The Bertz CT molecular complexity index is 470. The normalized spacial score (nSPS) is 14.8. The lowest BCUT2D eigenvalue weighted by Crippen LogP contribution is -2.46. The highest BCUT2D eigenvalue weighted by Crippen LogP contribution is 2.12. The van der Waals surface area contributed by atoms with Crippen LogP contribution in [0.4, 0.5) is 4.39 Å². The Kier molecular flexibility index (Phi) is 9.59. The van der Waals surface area contributed by atoms with Gasteiger partial charge in [-0.05, 0) is 18.6 Å². The van der Waals surface area contributed by atoms with Gasteiger partial charge in [-0.25, -0.2) is 4.39 Å². The number of nitrogens with zero attached hydrogens (tertiary/aromatic N) is 1. The summed E-state index contributed by atoms with van der Waals surface area (Å²) in [4.78, 5) is 14.0. The Hall–Kier alpha value is -1.37. The highest BCUT2D eigenvalue weighted by atomic mass is 35.5. The number of piperazine rings is 1. The van der Waals surface area contributed by atoms with Crippen LogP contribution in [0.3, 0.4) is 0 Å². The number of ether oxygens (including phenoxy) is 1. The van der Waals surface area contributed by atoms with Crippen molar-refractivity contribution in [3.8, 4) is 5.75 Å². The molecule has 1 aliphatic rings. The molecule has 1 fully saturated rings. The SMILES string of the molecule is Cl.O=C(CCCOc1cccc(F)c1)NCCN1CCNCC1. The maximum atomic E-state index is 12.9. The van der Waals surface area contributed by atoms with Crippen LogP contribution >= 0.6 is 12.4 Å². The van der Waals surface area contributed by atoms with Gasteiger partial charge in [0, 0.05) is 51.8 Å². The van der Waals surface area contributed by atoms with Gasteiger partial charge < -0.3 is 15.4 Å². The summed E-state index contributed by atoms with van der Waals surface area (Å²) in [5.74, 6) is 0.222. The van der Waals surface area contributed by atoms with Crippen LogP contribution in [-0.2, 0) is 4.79 Å². The van der Waals surface area contributed by atoms with Crippen LogP contribution in [0.1, 0.15) is 12.8 Å². The number of carbonyl (C=O) groups excluding carboxylic acids is 1. The minimum absolute atomic E-state index is 0. The molecule has 1 saturated heterocycles. The Morgan fingerprint density at radius 2 is 2.13 bits per heavy atom. The molecule has 5 nitrogen and oxygen atoms in total. The summed E-state index contributed by atoms with van der Waals surface area (Å²) >= 11 is 0. The molecular weight excluding hydrogens is 321 g/mol. The Morgan fingerprint density at radius 3 is 2.87 bits per heavy atom. The first-order valence-corrected chi connectivity index (χ1v) is 7.82. The standard InChI is InChI=1S/C16H24FN3O2.ClH/c17-14-3-1-4-15(13-14)22-12-2-5-16(21)19-8-11-20-9-6-18-7-10-20;/h1,3-4,13,18H,2,5-12H2,(H,19,21);1H. The molecule has 0 aromatic heterocycles. The first kappa shape index (κ1) is 19.7. The molecule has 2 rings (SSSR count). The van der Waals surface area contributed by atoms with E-state index in [4.69, 9.17) is 4.74 Å². The molecule has 23 heavy (non-hydrogen) atoms. The van der Waals surface area contributed by atoms with E-state index in [0.717, 1.165) is 32.7 Å². The number of rotatable bonds is 8. The third-order valence-electron chi connectivity index (χ3n) is 3.57. The Labute approximate surface area is 143 Å². The van der Waals surface area contributed by atoms with Crippen molar-refractivity contribution in [3.05, 3.63) is 30.1 Å². The summed E-state index contributed by atoms with van der Waals surface area (Å²) in [6.07, 6.45) is 1.05. The fourth-order valence-electron chi connectivity index (χ4n) is 2.36. The maximum absolute atomic E-state index is 12.9. The van der Waals surface area contributed by atoms with Crippen molar-refractivity contribution in [2.24, 2.45) is 0 Å². The van der Waals surface area contributed by atoms with Crippen molar-refractivity contribution in [2.45, 2.75) is 12.8 Å². The number of carbonyl (C=O) groups is 1. The summed E-state index contributed by atoms with van der Waals surface area (Å²) in [6, 6.07) is 6.02. The molecule has 1 aromatic carbocycles. The molecule has 0 atom stereocenters. The van der Waals surface area contributed by atoms with Crippen molar-refractivity contribution in [1.82, 2.24) is 15.5 Å². The number of nitrogens with one attached hydrogen (secondary N) is 2. The predicted octanol–water partition coefficient (Wildman–Crippen LogP) is 1.43. The Morgan fingerprint density at radius 1 is 1.35 bits per heavy atom. The molecule has 0 spiro atoms. The van der Waals surface area contributed by atoms with Crippen LogP contribution in [-0.4, -0.2) is 56.7 Å². The number of hydrogen-bond acceptors (Lipinski definition) is 4. The molecule has 1 amide bonds. The van der Waals surface area contributed by atoms with E-state index in [2.05, 4.69) is 15.5 Å². The van der Waals surface area contributed by atoms with Gasteiger partial charge in [0.2, 0.25) is 5.91 Å². The molecule has 1 aliphatic heterocycles. The molecule has 130 valence electrons. The summed E-state index contributed by atoms with van der Waals surface area (Å²) in [7, 11) is 0. The average Bonchev–Trinajstić information content (AvgIpc) is 2.53. The van der Waals surface area contributed by atoms with Crippen LogP contribution < -0.4 is 15.4 Å². The maximum Gasteiger partial charge on any atom is 0.220 e. The van der Waals surface area contributed by atoms with Crippen LogP contribution in [0.5, 0.6) is 5.75 Å². The van der Waals surface area contributed by atoms with Gasteiger partial charge in [-0.2, -0.15) is 0 Å². The summed E-state index contributed by atoms with van der Waals surface area (Å²) in [6.45, 7) is 6.11. The zero-order valence-electron chi connectivity index (χ0n) is 13.2. The quantitative estimate of drug-likeness (QED) is 0.700. The van der Waals surface area contributed by atoms with Crippen LogP contribution in [0.15, 0.2) is 24.3 Å². The lowest BCUT2D eigenvalue weighted by molar-refractivity contribution is -0.121. The van der Waals surface area contributed by atoms with E-state index in [0.29, 0.717) is 31.7 Å². The third kappa shape index (κ3) is 8.16. The van der Waals surface area contributed by atoms with E-state index in [9.17, 15) is 9.18 Å². The average molecular weight is 346 g/mol. The molecule has 0 saturated carbocycles. The molecule has 1 aromatic rings. The van der Waals surface area contributed by atoms with E-state index in [1.165, 1.54) is 12.1 Å². The third-order valence-corrected chi connectivity index (χ3v) is 3.57. The molecule has 1 heterocycles. The van der Waals surface area contributed by atoms with Gasteiger partial charge in [0.15, 0.2) is 0 Å². The zero-order chi connectivity index (χ0) is 15.6. The van der Waals surface area contributed by atoms with Gasteiger partial charge in [0.25, 0.3) is 0 Å². The number of benzene rings is 1. The number of halogens is 2. The minimum atomic E-state index is -0.317. The fraction of sp³-hybridized carbons (Fsp3) is 0.562. The smallest absolute Gasteiger partial charge is 0.220 e. The Balaban J connectivity index is 0.00000264. The van der Waals surface area contributed by atoms with Crippen molar-refractivity contribution < 1.29 is 13.9 Å². The van der Waals surface area contributed by atoms with Gasteiger partial charge in [-0.15, -0.1) is 12.4 Å². The first-order chi connectivity index (χ1) is 10.7. The van der Waals surface area contributed by atoms with E-state index in [1.807, 2.05) is 0 Å². The molecule has 2 N–H and O–H groups in total. The number of amides is 1. The molecule has 0 bridgehead atoms. The van der Waals surface area contributed by atoms with Gasteiger partial charge in [-0.3, -0.25) is 9.69 Å². The first-order valence-electron chi connectivity index (χ1n) is 7.82. The van der Waals surface area contributed by atoms with Crippen molar-refractivity contribution in [1.29, 1.82) is 0 Å². The van der Waals surface area contributed by atoms with Crippen molar-refractivity contribution in [2.75, 3.05) is 45.9 Å². The zero-order valence-corrected chi connectivity index (χ0v) is 14.0. The molecule has 0 aliphatic carbocycles. The van der Waals surface area contributed by atoms with Crippen molar-refractivity contribution >= 4 is 18.3 Å². The molecule has 0 unspecified atom stereocenters. The van der Waals surface area contributed by atoms with E-state index in [-0.39, 0.29) is 24.1 Å². The predicted molar refractivity (Wildman–Crippen MR) is 90.7 cm³/mol. The molecular formula is C16H25ClFN3O2. The van der Waals surface area contributed by atoms with Crippen LogP contribution in [0.25, 0.3) is 0 Å². The van der Waals surface area contributed by atoms with Gasteiger partial charge in [-0.1, -0.05) is 6.07 Å². The summed E-state index contributed by atoms with van der Waals surface area (Å²) < 4.78 is 18.3. The minimum Gasteiger partial charge on any atom is -0.493 e. The van der Waals surface area contributed by atoms with Crippen molar-refractivity contribution in [3.63, 3.8) is 0 Å². The van der Waals surface area contributed by atoms with E-state index < -0.39 is 0 Å². The van der Waals surface area contributed by atoms with E-state index in [1.54, 1.807) is 12.1 Å². The summed E-state index contributed by atoms with van der Waals surface area (Å²) in [5.41, 5.74) is 0. The van der Waals surface area contributed by atoms with E-state index >= 15 is 0 Å². The lowest BCUT2D eigenvalue weighted by Gasteiger charge is -2.27. The summed E-state index contributed by atoms with van der Waals surface area (Å²) in [5, 5.41) is 6.22.